The van der Waals surface area contributed by atoms with Gasteiger partial charge < -0.3 is 15.5 Å². The monoisotopic (exact) mass is 449 g/mol. The fourth-order valence-corrected chi connectivity index (χ4v) is 7.73. The molecule has 0 atom stereocenters. The van der Waals surface area contributed by atoms with Gasteiger partial charge >= 0.3 is 6.03 Å². The molecule has 0 radical (unpaired) electrons. The second-order valence-electron chi connectivity index (χ2n) is 10.5. The maximum Gasteiger partial charge on any atom is 0.322 e. The standard InChI is InChI=1S/C24H31N5O2Si/c1-23(2)18-14-26-20(28-21(30)24(11-8-12-24)32(3,4)5)17(18)15-29(23)22(31)27-19-10-7-6-9-16(19)13-25/h6-7,9-10H,8,11-12,14-15H2,1-5H3,(H,27,31)(H,26,28,30). The quantitative estimate of drug-likeness (QED) is 0.674. The number of amidine groups is 1. The van der Waals surface area contributed by atoms with Crippen molar-refractivity contribution in [2.45, 2.75) is 63.3 Å². The van der Waals surface area contributed by atoms with Crippen molar-refractivity contribution in [3.63, 3.8) is 0 Å². The molecule has 2 heterocycles. The number of hydrogen-bond acceptors (Lipinski definition) is 4. The number of anilines is 1. The zero-order chi connectivity index (χ0) is 23.3. The molecule has 7 nitrogen and oxygen atoms in total. The van der Waals surface area contributed by atoms with E-state index in [-0.39, 0.29) is 17.0 Å². The summed E-state index contributed by atoms with van der Waals surface area (Å²) in [5, 5.41) is 15.1. The van der Waals surface area contributed by atoms with Gasteiger partial charge in [0.15, 0.2) is 0 Å². The lowest BCUT2D eigenvalue weighted by Crippen LogP contribution is -2.55. The van der Waals surface area contributed by atoms with Crippen molar-refractivity contribution >= 4 is 31.5 Å². The molecule has 2 N–H and O–H groups in total. The molecule has 8 heteroatoms. The van der Waals surface area contributed by atoms with Crippen molar-refractivity contribution in [2.75, 3.05) is 18.4 Å². The van der Waals surface area contributed by atoms with E-state index < -0.39 is 13.6 Å². The molecular formula is C24H31N5O2Si. The molecule has 32 heavy (non-hydrogen) atoms. The summed E-state index contributed by atoms with van der Waals surface area (Å²) in [5.74, 6) is 0.717. The number of hydrogen-bond donors (Lipinski definition) is 2. The van der Waals surface area contributed by atoms with E-state index in [0.29, 0.717) is 30.2 Å². The Balaban J connectivity index is 1.51. The molecule has 0 spiro atoms. The SMILES string of the molecule is CC1(C)C2=C(CN1C(=O)Nc1ccccc1C#N)C(NC(=O)C1([Si](C)(C)C)CCC1)=NC2. The van der Waals surface area contributed by atoms with E-state index in [9.17, 15) is 14.9 Å². The smallest absolute Gasteiger partial charge is 0.311 e. The first kappa shape index (κ1) is 22.3. The molecule has 0 saturated heterocycles. The van der Waals surface area contributed by atoms with Gasteiger partial charge in [-0.2, -0.15) is 5.26 Å². The van der Waals surface area contributed by atoms with Gasteiger partial charge in [-0.1, -0.05) is 38.2 Å². The summed E-state index contributed by atoms with van der Waals surface area (Å²) in [6, 6.07) is 8.81. The Morgan fingerprint density at radius 3 is 2.44 bits per heavy atom. The lowest BCUT2D eigenvalue weighted by Gasteiger charge is -2.49. The number of urea groups is 1. The summed E-state index contributed by atoms with van der Waals surface area (Å²) >= 11 is 0. The summed E-state index contributed by atoms with van der Waals surface area (Å²) in [5.41, 5.74) is 2.38. The second kappa shape index (κ2) is 7.59. The van der Waals surface area contributed by atoms with Crippen molar-refractivity contribution in [2.24, 2.45) is 4.99 Å². The average Bonchev–Trinajstić information content (AvgIpc) is 3.18. The Labute approximate surface area is 190 Å². The molecule has 1 aliphatic carbocycles. The van der Waals surface area contributed by atoms with Crippen molar-refractivity contribution in [3.05, 3.63) is 41.0 Å². The van der Waals surface area contributed by atoms with Crippen molar-refractivity contribution in [1.82, 2.24) is 10.2 Å². The third-order valence-corrected chi connectivity index (χ3v) is 11.2. The highest BCUT2D eigenvalue weighted by atomic mass is 28.3. The number of nitriles is 1. The van der Waals surface area contributed by atoms with Crippen LogP contribution in [-0.4, -0.2) is 49.4 Å². The van der Waals surface area contributed by atoms with Crippen LogP contribution in [0.15, 0.2) is 40.4 Å². The van der Waals surface area contributed by atoms with Crippen LogP contribution in [0.25, 0.3) is 0 Å². The molecule has 168 valence electrons. The molecular weight excluding hydrogens is 418 g/mol. The molecule has 1 aromatic carbocycles. The summed E-state index contributed by atoms with van der Waals surface area (Å²) in [4.78, 5) is 32.9. The van der Waals surface area contributed by atoms with Crippen LogP contribution >= 0.6 is 0 Å². The van der Waals surface area contributed by atoms with E-state index in [1.165, 1.54) is 0 Å². The van der Waals surface area contributed by atoms with Crippen LogP contribution in [0.4, 0.5) is 10.5 Å². The van der Waals surface area contributed by atoms with Gasteiger partial charge in [0.05, 0.1) is 38.0 Å². The third kappa shape index (κ3) is 3.36. The van der Waals surface area contributed by atoms with Gasteiger partial charge in [-0.05, 0) is 44.4 Å². The fraction of sp³-hybridized carbons (Fsp3) is 0.500. The number of carbonyl (C=O) groups excluding carboxylic acids is 2. The Hall–Kier alpha value is -2.92. The third-order valence-electron chi connectivity index (χ3n) is 7.62. The van der Waals surface area contributed by atoms with Gasteiger partial charge in [0.25, 0.3) is 0 Å². The van der Waals surface area contributed by atoms with E-state index in [1.807, 2.05) is 13.8 Å². The number of carbonyl (C=O) groups is 2. The summed E-state index contributed by atoms with van der Waals surface area (Å²) in [6.07, 6.45) is 3.00. The van der Waals surface area contributed by atoms with Gasteiger partial charge in [0.1, 0.15) is 11.9 Å². The van der Waals surface area contributed by atoms with Gasteiger partial charge in [-0.15, -0.1) is 0 Å². The van der Waals surface area contributed by atoms with Crippen molar-refractivity contribution in [3.8, 4) is 6.07 Å². The van der Waals surface area contributed by atoms with Crippen LogP contribution in [0.2, 0.25) is 24.7 Å². The predicted octanol–water partition coefficient (Wildman–Crippen LogP) is 4.27. The zero-order valence-corrected chi connectivity index (χ0v) is 20.5. The number of nitrogens with one attached hydrogen (secondary N) is 2. The number of nitrogens with zero attached hydrogens (tertiary/aromatic N) is 3. The molecule has 3 amide bonds. The first-order chi connectivity index (χ1) is 15.0. The van der Waals surface area contributed by atoms with Crippen molar-refractivity contribution < 1.29 is 9.59 Å². The first-order valence-electron chi connectivity index (χ1n) is 11.2. The molecule has 4 rings (SSSR count). The van der Waals surface area contributed by atoms with E-state index in [4.69, 9.17) is 0 Å². The van der Waals surface area contributed by atoms with Gasteiger partial charge in [-0.25, -0.2) is 4.79 Å². The average molecular weight is 450 g/mol. The zero-order valence-electron chi connectivity index (χ0n) is 19.5. The van der Waals surface area contributed by atoms with Crippen LogP contribution in [0.3, 0.4) is 0 Å². The maximum absolute atomic E-state index is 13.3. The molecule has 1 aromatic rings. The number of para-hydroxylation sites is 1. The summed E-state index contributed by atoms with van der Waals surface area (Å²) < 4.78 is 0. The normalized spacial score (nSPS) is 20.8. The van der Waals surface area contributed by atoms with Gasteiger partial charge in [-0.3, -0.25) is 9.79 Å². The summed E-state index contributed by atoms with van der Waals surface area (Å²) in [7, 11) is -1.69. The number of rotatable bonds is 3. The van der Waals surface area contributed by atoms with Gasteiger partial charge in [0.2, 0.25) is 5.91 Å². The van der Waals surface area contributed by atoms with Crippen molar-refractivity contribution in [1.29, 1.82) is 5.26 Å². The minimum atomic E-state index is -1.69. The summed E-state index contributed by atoms with van der Waals surface area (Å²) in [6.45, 7) is 11.6. The number of benzene rings is 1. The highest BCUT2D eigenvalue weighted by molar-refractivity contribution is 6.82. The predicted molar refractivity (Wildman–Crippen MR) is 128 cm³/mol. The van der Waals surface area contributed by atoms with Crippen LogP contribution in [0, 0.1) is 11.3 Å². The second-order valence-corrected chi connectivity index (χ2v) is 16.0. The molecule has 1 saturated carbocycles. The highest BCUT2D eigenvalue weighted by Gasteiger charge is 2.54. The van der Waals surface area contributed by atoms with Gasteiger partial charge in [0, 0.05) is 10.6 Å². The van der Waals surface area contributed by atoms with E-state index in [1.54, 1.807) is 29.2 Å². The van der Waals surface area contributed by atoms with Crippen LogP contribution < -0.4 is 10.6 Å². The number of amides is 3. The molecule has 1 fully saturated rings. The maximum atomic E-state index is 13.3. The minimum Gasteiger partial charge on any atom is -0.311 e. The lowest BCUT2D eigenvalue weighted by molar-refractivity contribution is -0.125. The molecule has 2 aliphatic heterocycles. The molecule has 0 bridgehead atoms. The largest absolute Gasteiger partial charge is 0.322 e. The number of aliphatic imine (C=N–C) groups is 1. The van der Waals surface area contributed by atoms with E-state index in [2.05, 4.69) is 41.3 Å². The minimum absolute atomic E-state index is 0.0964. The van der Waals surface area contributed by atoms with Crippen LogP contribution in [0.5, 0.6) is 0 Å². The molecule has 0 unspecified atom stereocenters. The van der Waals surface area contributed by atoms with E-state index in [0.717, 1.165) is 30.4 Å². The van der Waals surface area contributed by atoms with E-state index >= 15 is 0 Å². The first-order valence-corrected chi connectivity index (χ1v) is 14.7. The van der Waals surface area contributed by atoms with Crippen LogP contribution in [0.1, 0.15) is 38.7 Å². The Bertz CT molecular complexity index is 1090. The Morgan fingerprint density at radius 2 is 1.84 bits per heavy atom. The molecule has 3 aliphatic rings. The van der Waals surface area contributed by atoms with Crippen LogP contribution in [-0.2, 0) is 4.79 Å². The molecule has 0 aromatic heterocycles. The lowest BCUT2D eigenvalue weighted by atomic mass is 9.83. The topological polar surface area (TPSA) is 97.6 Å². The Morgan fingerprint density at radius 1 is 1.16 bits per heavy atom. The fourth-order valence-electron chi connectivity index (χ4n) is 5.13. The highest BCUT2D eigenvalue weighted by Crippen LogP contribution is 2.55. The Kier molecular flexibility index (Phi) is 5.28.